The highest BCUT2D eigenvalue weighted by molar-refractivity contribution is 9.36. The minimum atomic E-state index is -8.88. The van der Waals surface area contributed by atoms with Gasteiger partial charge in [-0.25, -0.2) is 0 Å². The molecule has 0 aromatic heterocycles. The van der Waals surface area contributed by atoms with Crippen LogP contribution in [0.5, 0.6) is 0 Å². The van der Waals surface area contributed by atoms with Gasteiger partial charge in [-0.3, -0.25) is 4.18 Å². The standard InChI is InChI=1S/C6H7ClF10O2S3/c1-18-3(7)22(16,17,20-4(8)9,21-6(13,14)15)19-2-5(10,11)12/h3-4H,2H2,1H3. The van der Waals surface area contributed by atoms with Crippen molar-refractivity contribution in [2.45, 2.75) is 22.3 Å². The second-order valence-electron chi connectivity index (χ2n) is 3.38. The predicted molar refractivity (Wildman–Crippen MR) is 65.7 cm³/mol. The van der Waals surface area contributed by atoms with E-state index in [1.165, 1.54) is 0 Å². The largest absolute Gasteiger partial charge is 0.456 e. The number of rotatable bonds is 7. The highest BCUT2D eigenvalue weighted by Gasteiger charge is 2.77. The average molecular weight is 433 g/mol. The zero-order chi connectivity index (χ0) is 18.1. The number of ether oxygens (including phenoxy) is 1. The van der Waals surface area contributed by atoms with Crippen molar-refractivity contribution < 1.29 is 51.8 Å². The first-order chi connectivity index (χ1) is 9.38. The Morgan fingerprint density at radius 1 is 1.09 bits per heavy atom. The van der Waals surface area contributed by atoms with E-state index in [1.807, 2.05) is 0 Å². The maximum atomic E-state index is 14.7. The van der Waals surface area contributed by atoms with Crippen LogP contribution in [0.15, 0.2) is 0 Å². The fourth-order valence-corrected chi connectivity index (χ4v) is 9.13. The molecule has 0 N–H and O–H groups in total. The summed E-state index contributed by atoms with van der Waals surface area (Å²) in [4.78, 5) is -3.52. The molecule has 16 heteroatoms. The van der Waals surface area contributed by atoms with E-state index in [9.17, 15) is 42.9 Å². The second kappa shape index (κ2) is 6.13. The average Bonchev–Trinajstić information content (AvgIpc) is 2.21. The summed E-state index contributed by atoms with van der Waals surface area (Å²) in [7, 11) is -13.1. The molecule has 1 atom stereocenters. The Morgan fingerprint density at radius 2 is 1.55 bits per heavy atom. The van der Waals surface area contributed by atoms with Gasteiger partial charge < -0.3 is 4.74 Å². The maximum absolute atomic E-state index is 14.7. The van der Waals surface area contributed by atoms with Crippen LogP contribution in [0.3, 0.4) is 0 Å². The van der Waals surface area contributed by atoms with E-state index in [1.54, 1.807) is 0 Å². The van der Waals surface area contributed by atoms with Crippen LogP contribution in [0.2, 0.25) is 0 Å². The fraction of sp³-hybridized carbons (Fsp3) is 1.00. The lowest BCUT2D eigenvalue weighted by atomic mass is 10.7. The van der Waals surface area contributed by atoms with Crippen LogP contribution in [0.25, 0.3) is 0 Å². The monoisotopic (exact) mass is 432 g/mol. The molecule has 138 valence electrons. The van der Waals surface area contributed by atoms with Gasteiger partial charge in [0.1, 0.15) is 7.41 Å². The van der Waals surface area contributed by atoms with Crippen molar-refractivity contribution in [1.29, 1.82) is 0 Å². The first-order valence-corrected chi connectivity index (χ1v) is 9.96. The highest BCUT2D eigenvalue weighted by Crippen LogP contribution is 3.12. The van der Waals surface area contributed by atoms with E-state index in [-0.39, 0.29) is 0 Å². The molecule has 0 aliphatic heterocycles. The van der Waals surface area contributed by atoms with Crippen LogP contribution in [0.1, 0.15) is 0 Å². The van der Waals surface area contributed by atoms with Gasteiger partial charge in [0.25, 0.3) is 5.76 Å². The number of hydrogen-bond acceptors (Lipinski definition) is 4. The van der Waals surface area contributed by atoms with Gasteiger partial charge in [0.05, 0.1) is 10.8 Å². The highest BCUT2D eigenvalue weighted by atomic mass is 35.5. The molecule has 2 nitrogen and oxygen atoms in total. The predicted octanol–water partition coefficient (Wildman–Crippen LogP) is 6.33. The van der Waals surface area contributed by atoms with Crippen LogP contribution in [-0.2, 0) is 8.92 Å². The maximum Gasteiger partial charge on any atom is 0.456 e. The van der Waals surface area contributed by atoms with Crippen molar-refractivity contribution in [1.82, 2.24) is 0 Å². The summed E-state index contributed by atoms with van der Waals surface area (Å²) in [5.74, 6) is -4.23. The molecule has 0 amide bonds. The summed E-state index contributed by atoms with van der Waals surface area (Å²) < 4.78 is 134. The third-order valence-electron chi connectivity index (χ3n) is 1.58. The van der Waals surface area contributed by atoms with Gasteiger partial charge in [0.15, 0.2) is 6.61 Å². The summed E-state index contributed by atoms with van der Waals surface area (Å²) in [6.45, 7) is -2.93. The molecule has 0 radical (unpaired) electrons. The lowest BCUT2D eigenvalue weighted by Gasteiger charge is -2.62. The Morgan fingerprint density at radius 3 is 1.82 bits per heavy atom. The number of hydrogen-bond donors (Lipinski definition) is 0. The fourth-order valence-electron chi connectivity index (χ4n) is 0.950. The lowest BCUT2D eigenvalue weighted by molar-refractivity contribution is -0.154. The number of alkyl halides is 9. The molecule has 1 unspecified atom stereocenters. The Balaban J connectivity index is 6.16. The van der Waals surface area contributed by atoms with Crippen LogP contribution >= 0.6 is 40.6 Å². The third-order valence-corrected chi connectivity index (χ3v) is 12.5. The van der Waals surface area contributed by atoms with Gasteiger partial charge in [0.2, 0.25) is 4.90 Å². The minimum Gasteiger partial charge on any atom is -0.352 e. The van der Waals surface area contributed by atoms with Crippen LogP contribution < -0.4 is 0 Å². The van der Waals surface area contributed by atoms with E-state index < -0.39 is 57.9 Å². The van der Waals surface area contributed by atoms with Gasteiger partial charge in [0, 0.05) is 17.9 Å². The van der Waals surface area contributed by atoms with Crippen LogP contribution in [0, 0.1) is 0 Å². The van der Waals surface area contributed by atoms with E-state index >= 15 is 0 Å². The van der Waals surface area contributed by atoms with Gasteiger partial charge in [-0.05, 0) is 0 Å². The molecule has 0 aromatic rings. The molecule has 22 heavy (non-hydrogen) atoms. The summed E-state index contributed by atoms with van der Waals surface area (Å²) in [6.07, 6.45) is -5.52. The van der Waals surface area contributed by atoms with Crippen molar-refractivity contribution in [2.24, 2.45) is 0 Å². The topological polar surface area (TPSA) is 18.5 Å². The quantitative estimate of drug-likeness (QED) is 0.265. The lowest BCUT2D eigenvalue weighted by Crippen LogP contribution is -2.38. The van der Waals surface area contributed by atoms with Crippen molar-refractivity contribution >= 4 is 40.6 Å². The van der Waals surface area contributed by atoms with Gasteiger partial charge in [-0.2, -0.15) is 35.1 Å². The summed E-state index contributed by atoms with van der Waals surface area (Å²) in [6, 6.07) is 0. The van der Waals surface area contributed by atoms with Crippen molar-refractivity contribution in [3.8, 4) is 0 Å². The zero-order valence-corrected chi connectivity index (χ0v) is 13.3. The van der Waals surface area contributed by atoms with Crippen molar-refractivity contribution in [3.63, 3.8) is 0 Å². The minimum absolute atomic E-state index is 0.302. The SMILES string of the molecule is COC(Cl)S(F)(F)(OCC(F)(F)F)(SC(F)F)SC(F)(F)F. The first kappa shape index (κ1) is 22.6. The molecule has 0 bridgehead atoms. The molecule has 0 aliphatic rings. The van der Waals surface area contributed by atoms with Gasteiger partial charge >= 0.3 is 11.7 Å². The van der Waals surface area contributed by atoms with E-state index in [4.69, 9.17) is 11.6 Å². The van der Waals surface area contributed by atoms with Crippen LogP contribution in [-0.4, -0.2) is 36.1 Å². The molecule has 0 aliphatic carbocycles. The molecule has 0 fully saturated rings. The molecule has 0 heterocycles. The molecule has 0 aromatic carbocycles. The molecule has 0 spiro atoms. The molecule has 0 rings (SSSR count). The smallest absolute Gasteiger partial charge is 0.352 e. The molecule has 0 saturated heterocycles. The molecular weight excluding hydrogens is 426 g/mol. The van der Waals surface area contributed by atoms with Gasteiger partial charge in [-0.1, -0.05) is 11.6 Å². The Bertz CT molecular complexity index is 412. The Labute approximate surface area is 129 Å². The van der Waals surface area contributed by atoms with E-state index in [0.717, 1.165) is 0 Å². The first-order valence-electron chi connectivity index (χ1n) is 4.56. The van der Waals surface area contributed by atoms with E-state index in [2.05, 4.69) is 8.92 Å². The number of halogens is 11. The van der Waals surface area contributed by atoms with Gasteiger partial charge in [-0.15, -0.1) is 7.77 Å². The van der Waals surface area contributed by atoms with Crippen LogP contribution in [0.4, 0.5) is 42.9 Å². The Hall–Kier alpha value is 0.560. The summed E-state index contributed by atoms with van der Waals surface area (Å²) >= 11 is 4.86. The number of methoxy groups -OCH3 is 1. The Kier molecular flexibility index (Phi) is 6.29. The zero-order valence-electron chi connectivity index (χ0n) is 10.1. The molecule has 0 saturated carbocycles. The summed E-state index contributed by atoms with van der Waals surface area (Å²) in [5.41, 5.74) is -5.94. The van der Waals surface area contributed by atoms with E-state index in [0.29, 0.717) is 7.11 Å². The van der Waals surface area contributed by atoms with Crippen molar-refractivity contribution in [2.75, 3.05) is 13.7 Å². The third kappa shape index (κ3) is 5.89. The molecular formula is C6H7ClF10O2S3. The second-order valence-corrected chi connectivity index (χ2v) is 14.3. The van der Waals surface area contributed by atoms with Crippen molar-refractivity contribution in [3.05, 3.63) is 0 Å². The summed E-state index contributed by atoms with van der Waals surface area (Å²) in [5, 5.41) is 0. The normalized spacial score (nSPS) is 19.0.